The number of ether oxygens (including phenoxy) is 1. The molecule has 4 N–H and O–H groups in total. The average Bonchev–Trinajstić information content (AvgIpc) is 3.60. The molecular formula is C29H50N4O8S. The number of ketones is 1. The first kappa shape index (κ1) is 35.7. The Morgan fingerprint density at radius 2 is 1.71 bits per heavy atom. The molecule has 0 aliphatic heterocycles. The Morgan fingerprint density at radius 3 is 2.31 bits per heavy atom. The van der Waals surface area contributed by atoms with Gasteiger partial charge in [-0.05, 0) is 72.6 Å². The largest absolute Gasteiger partial charge is 0.444 e. The minimum absolute atomic E-state index is 0.0920. The standard InChI is InChI=1S/C29H50N4O8S/c1-8-9-10-11-12-13-22-18-29(22,26(37)32-42(39,40)33(6)7)31-25(36)21-15-14-20(16-23(34)17-21)24(35)19(2)30-27(38)41-28(3,4)5/h12-13,19-23,34H,8-11,14-18H2,1-7H3,(H,30,38)(H,31,36)(H,32,37). The second-order valence-electron chi connectivity index (χ2n) is 12.8. The van der Waals surface area contributed by atoms with E-state index in [1.807, 2.05) is 12.2 Å². The van der Waals surface area contributed by atoms with E-state index in [-0.39, 0.29) is 37.4 Å². The molecule has 0 radical (unpaired) electrons. The Morgan fingerprint density at radius 1 is 1.10 bits per heavy atom. The molecule has 0 saturated heterocycles. The number of carbonyl (C=O) groups excluding carboxylic acids is 4. The zero-order valence-electron chi connectivity index (χ0n) is 26.1. The second kappa shape index (κ2) is 14.8. The maximum atomic E-state index is 13.5. The lowest BCUT2D eigenvalue weighted by atomic mass is 9.90. The number of nitrogens with zero attached hydrogens (tertiary/aromatic N) is 1. The van der Waals surface area contributed by atoms with Crippen LogP contribution in [0.15, 0.2) is 12.2 Å². The van der Waals surface area contributed by atoms with Crippen molar-refractivity contribution in [2.24, 2.45) is 17.8 Å². The van der Waals surface area contributed by atoms with Gasteiger partial charge in [-0.2, -0.15) is 12.7 Å². The highest BCUT2D eigenvalue weighted by Gasteiger charge is 2.61. The van der Waals surface area contributed by atoms with Gasteiger partial charge in [-0.1, -0.05) is 31.9 Å². The number of carbonyl (C=O) groups is 4. The minimum Gasteiger partial charge on any atom is -0.444 e. The lowest BCUT2D eigenvalue weighted by Gasteiger charge is -2.24. The molecule has 0 aromatic carbocycles. The van der Waals surface area contributed by atoms with E-state index in [0.717, 1.165) is 30.0 Å². The highest BCUT2D eigenvalue weighted by molar-refractivity contribution is 7.87. The van der Waals surface area contributed by atoms with Gasteiger partial charge in [-0.25, -0.2) is 9.52 Å². The maximum absolute atomic E-state index is 13.5. The van der Waals surface area contributed by atoms with Crippen LogP contribution in [0.25, 0.3) is 0 Å². The van der Waals surface area contributed by atoms with Gasteiger partial charge in [0.1, 0.15) is 11.1 Å². The van der Waals surface area contributed by atoms with Crippen molar-refractivity contribution in [1.29, 1.82) is 0 Å². The third kappa shape index (κ3) is 10.3. The summed E-state index contributed by atoms with van der Waals surface area (Å²) in [4.78, 5) is 51.9. The van der Waals surface area contributed by atoms with Gasteiger partial charge in [0.2, 0.25) is 5.91 Å². The highest BCUT2D eigenvalue weighted by Crippen LogP contribution is 2.46. The predicted octanol–water partition coefficient (Wildman–Crippen LogP) is 2.57. The molecule has 13 heteroatoms. The molecule has 240 valence electrons. The number of unbranched alkanes of at least 4 members (excludes halogenated alkanes) is 3. The summed E-state index contributed by atoms with van der Waals surface area (Å²) in [6, 6.07) is -0.843. The third-order valence-corrected chi connectivity index (χ3v) is 9.13. The van der Waals surface area contributed by atoms with Crippen LogP contribution in [0.4, 0.5) is 4.79 Å². The zero-order valence-corrected chi connectivity index (χ0v) is 26.9. The Hall–Kier alpha value is -2.51. The first-order valence-corrected chi connectivity index (χ1v) is 16.3. The molecule has 6 atom stereocenters. The molecule has 0 bridgehead atoms. The van der Waals surface area contributed by atoms with Gasteiger partial charge < -0.3 is 20.5 Å². The monoisotopic (exact) mass is 614 g/mol. The minimum atomic E-state index is -4.07. The van der Waals surface area contributed by atoms with Crippen LogP contribution in [0, 0.1) is 17.8 Å². The first-order valence-electron chi connectivity index (χ1n) is 14.9. The van der Waals surface area contributed by atoms with E-state index < -0.39 is 63.2 Å². The molecule has 0 spiro atoms. The molecule has 0 aromatic rings. The fourth-order valence-electron chi connectivity index (χ4n) is 5.17. The van der Waals surface area contributed by atoms with Crippen molar-refractivity contribution in [1.82, 2.24) is 19.7 Å². The van der Waals surface area contributed by atoms with Crippen molar-refractivity contribution in [3.63, 3.8) is 0 Å². The molecule has 2 fully saturated rings. The predicted molar refractivity (Wildman–Crippen MR) is 158 cm³/mol. The number of hydrogen-bond acceptors (Lipinski definition) is 8. The fourth-order valence-corrected chi connectivity index (χ4v) is 5.77. The van der Waals surface area contributed by atoms with Gasteiger partial charge in [0.15, 0.2) is 5.78 Å². The molecule has 2 aliphatic carbocycles. The number of amides is 3. The molecule has 42 heavy (non-hydrogen) atoms. The van der Waals surface area contributed by atoms with Crippen LogP contribution in [-0.4, -0.2) is 78.9 Å². The molecular weight excluding hydrogens is 564 g/mol. The number of nitrogens with one attached hydrogen (secondary N) is 3. The van der Waals surface area contributed by atoms with Crippen LogP contribution in [0.1, 0.15) is 92.4 Å². The summed E-state index contributed by atoms with van der Waals surface area (Å²) < 4.78 is 32.9. The van der Waals surface area contributed by atoms with Crippen LogP contribution in [0.5, 0.6) is 0 Å². The lowest BCUT2D eigenvalue weighted by molar-refractivity contribution is -0.132. The van der Waals surface area contributed by atoms with Crippen molar-refractivity contribution < 1.29 is 37.4 Å². The van der Waals surface area contributed by atoms with Crippen LogP contribution in [-0.2, 0) is 29.3 Å². The Bertz CT molecular complexity index is 1120. The number of allylic oxidation sites excluding steroid dienone is 1. The zero-order chi connectivity index (χ0) is 31.9. The van der Waals surface area contributed by atoms with Crippen LogP contribution >= 0.6 is 0 Å². The number of Topliss-reactive ketones (excluding diaryl/α,β-unsaturated/α-hetero) is 1. The Balaban J connectivity index is 2.10. The summed E-state index contributed by atoms with van der Waals surface area (Å²) in [5.41, 5.74) is -2.14. The number of aliphatic hydroxyl groups excluding tert-OH is 1. The summed E-state index contributed by atoms with van der Waals surface area (Å²) in [5, 5.41) is 16.0. The fraction of sp³-hybridized carbons (Fsp3) is 0.793. The van der Waals surface area contributed by atoms with Crippen molar-refractivity contribution in [3.05, 3.63) is 12.2 Å². The maximum Gasteiger partial charge on any atom is 0.408 e. The van der Waals surface area contributed by atoms with Gasteiger partial charge >= 0.3 is 16.3 Å². The van der Waals surface area contributed by atoms with E-state index in [0.29, 0.717) is 6.42 Å². The molecule has 2 aliphatic rings. The van der Waals surface area contributed by atoms with Gasteiger partial charge in [-0.3, -0.25) is 14.4 Å². The molecule has 2 rings (SSSR count). The summed E-state index contributed by atoms with van der Waals surface area (Å²) in [6.45, 7) is 8.81. The smallest absolute Gasteiger partial charge is 0.408 e. The van der Waals surface area contributed by atoms with Crippen LogP contribution < -0.4 is 15.4 Å². The molecule has 2 saturated carbocycles. The van der Waals surface area contributed by atoms with Crippen molar-refractivity contribution in [3.8, 4) is 0 Å². The van der Waals surface area contributed by atoms with E-state index in [9.17, 15) is 32.7 Å². The van der Waals surface area contributed by atoms with Gasteiger partial charge in [-0.15, -0.1) is 0 Å². The quantitative estimate of drug-likeness (QED) is 0.139. The summed E-state index contributed by atoms with van der Waals surface area (Å²) in [7, 11) is -1.48. The van der Waals surface area contributed by atoms with E-state index in [1.165, 1.54) is 14.1 Å². The van der Waals surface area contributed by atoms with Crippen molar-refractivity contribution >= 4 is 33.9 Å². The SMILES string of the molecule is CCCCCC=CC1CC1(NC(=O)C1CCC(C(=O)C(C)NC(=O)OC(C)(C)C)CC(O)C1)C(=O)NS(=O)(=O)N(C)C. The Labute approximate surface area is 250 Å². The summed E-state index contributed by atoms with van der Waals surface area (Å²) in [6.07, 6.45) is 7.17. The van der Waals surface area contributed by atoms with Crippen LogP contribution in [0.3, 0.4) is 0 Å². The van der Waals surface area contributed by atoms with E-state index in [2.05, 4.69) is 22.3 Å². The van der Waals surface area contributed by atoms with Gasteiger partial charge in [0, 0.05) is 31.8 Å². The van der Waals surface area contributed by atoms with Crippen molar-refractivity contribution in [2.75, 3.05) is 14.1 Å². The number of aliphatic hydroxyl groups is 1. The summed E-state index contributed by atoms with van der Waals surface area (Å²) in [5.74, 6) is -3.17. The van der Waals surface area contributed by atoms with Crippen molar-refractivity contribution in [2.45, 2.75) is 116 Å². The average molecular weight is 615 g/mol. The topological polar surface area (TPSA) is 171 Å². The first-order chi connectivity index (χ1) is 19.4. The molecule has 12 nitrogen and oxygen atoms in total. The van der Waals surface area contributed by atoms with Gasteiger partial charge in [0.25, 0.3) is 5.91 Å². The van der Waals surface area contributed by atoms with Gasteiger partial charge in [0.05, 0.1) is 12.1 Å². The highest BCUT2D eigenvalue weighted by atomic mass is 32.2. The van der Waals surface area contributed by atoms with E-state index >= 15 is 0 Å². The summed E-state index contributed by atoms with van der Waals surface area (Å²) >= 11 is 0. The lowest BCUT2D eigenvalue weighted by Crippen LogP contribution is -2.54. The third-order valence-electron chi connectivity index (χ3n) is 7.72. The number of hydrogen-bond donors (Lipinski definition) is 4. The molecule has 0 aromatic heterocycles. The van der Waals surface area contributed by atoms with E-state index in [1.54, 1.807) is 27.7 Å². The normalized spacial score (nSPS) is 27.2. The number of alkyl carbamates (subject to hydrolysis) is 1. The van der Waals surface area contributed by atoms with E-state index in [4.69, 9.17) is 4.74 Å². The second-order valence-corrected chi connectivity index (χ2v) is 14.7. The number of rotatable bonds is 13. The van der Waals surface area contributed by atoms with Crippen LogP contribution in [0.2, 0.25) is 0 Å². The Kier molecular flexibility index (Phi) is 12.6. The molecule has 0 heterocycles. The molecule has 3 amide bonds. The molecule has 6 unspecified atom stereocenters.